The maximum atomic E-state index is 10.2. The lowest BCUT2D eigenvalue weighted by Gasteiger charge is -2.41. The van der Waals surface area contributed by atoms with Crippen molar-refractivity contribution in [3.63, 3.8) is 0 Å². The van der Waals surface area contributed by atoms with Gasteiger partial charge < -0.3 is 19.3 Å². The predicted molar refractivity (Wildman–Crippen MR) is 75.4 cm³/mol. The van der Waals surface area contributed by atoms with Crippen LogP contribution < -0.4 is 0 Å². The van der Waals surface area contributed by atoms with Crippen molar-refractivity contribution in [3.05, 3.63) is 0 Å². The van der Waals surface area contributed by atoms with Crippen molar-refractivity contribution in [3.8, 4) is 0 Å². The second kappa shape index (κ2) is 6.30. The van der Waals surface area contributed by atoms with Crippen molar-refractivity contribution in [2.75, 3.05) is 13.2 Å². The Morgan fingerprint density at radius 2 is 2.00 bits per heavy atom. The van der Waals surface area contributed by atoms with Crippen LogP contribution in [0.5, 0.6) is 0 Å². The molecule has 4 atom stereocenters. The molecule has 4 nitrogen and oxygen atoms in total. The van der Waals surface area contributed by atoms with Crippen LogP contribution in [0.2, 0.25) is 0 Å². The van der Waals surface area contributed by atoms with Crippen molar-refractivity contribution >= 4 is 0 Å². The molecule has 0 aromatic carbocycles. The molecule has 1 saturated heterocycles. The molecule has 0 aromatic heterocycles. The minimum absolute atomic E-state index is 0.123. The van der Waals surface area contributed by atoms with Gasteiger partial charge in [0.05, 0.1) is 31.5 Å². The molecular formula is C16H28O4. The molecule has 4 heteroatoms. The van der Waals surface area contributed by atoms with Crippen molar-refractivity contribution in [2.24, 2.45) is 5.92 Å². The first-order valence-corrected chi connectivity index (χ1v) is 8.32. The average Bonchev–Trinajstić information content (AvgIpc) is 2.92. The van der Waals surface area contributed by atoms with E-state index in [0.29, 0.717) is 32.2 Å². The molecular weight excluding hydrogens is 256 g/mol. The van der Waals surface area contributed by atoms with E-state index >= 15 is 0 Å². The summed E-state index contributed by atoms with van der Waals surface area (Å²) in [4.78, 5) is 0. The third-order valence-electron chi connectivity index (χ3n) is 5.26. The third kappa shape index (κ3) is 3.19. The van der Waals surface area contributed by atoms with Gasteiger partial charge in [-0.2, -0.15) is 0 Å². The Balaban J connectivity index is 1.57. The maximum Gasteiger partial charge on any atom is 0.171 e. The van der Waals surface area contributed by atoms with E-state index in [4.69, 9.17) is 14.2 Å². The van der Waals surface area contributed by atoms with Gasteiger partial charge in [0.2, 0.25) is 0 Å². The minimum Gasteiger partial charge on any atom is -0.390 e. The van der Waals surface area contributed by atoms with E-state index in [-0.39, 0.29) is 12.2 Å². The SMILES string of the molecule is CCC1CCCC(OC2CC3(CCC2O)OCCO3)C1. The van der Waals surface area contributed by atoms with Gasteiger partial charge in [-0.15, -0.1) is 0 Å². The van der Waals surface area contributed by atoms with Gasteiger partial charge in [-0.25, -0.2) is 0 Å². The molecule has 0 aromatic rings. The van der Waals surface area contributed by atoms with Gasteiger partial charge in [-0.05, 0) is 25.2 Å². The van der Waals surface area contributed by atoms with Crippen LogP contribution in [0.25, 0.3) is 0 Å². The molecule has 116 valence electrons. The van der Waals surface area contributed by atoms with E-state index in [0.717, 1.165) is 25.2 Å². The molecule has 1 N–H and O–H groups in total. The summed E-state index contributed by atoms with van der Waals surface area (Å²) in [6, 6.07) is 0. The molecule has 0 bridgehead atoms. The molecule has 1 heterocycles. The Hall–Kier alpha value is -0.160. The number of ether oxygens (including phenoxy) is 3. The Labute approximate surface area is 121 Å². The summed E-state index contributed by atoms with van der Waals surface area (Å²) in [5.74, 6) is 0.324. The van der Waals surface area contributed by atoms with Crippen LogP contribution in [0, 0.1) is 5.92 Å². The highest BCUT2D eigenvalue weighted by atomic mass is 16.7. The molecule has 4 unspecified atom stereocenters. The normalized spacial score (nSPS) is 41.1. The van der Waals surface area contributed by atoms with Crippen LogP contribution in [-0.4, -0.2) is 42.4 Å². The number of aliphatic hydroxyl groups is 1. The van der Waals surface area contributed by atoms with E-state index < -0.39 is 5.79 Å². The standard InChI is InChI=1S/C16H28O4/c1-2-12-4-3-5-13(10-12)20-15-11-16(7-6-14(15)17)18-8-9-19-16/h12-15,17H,2-11H2,1H3. The van der Waals surface area contributed by atoms with Gasteiger partial charge in [0.25, 0.3) is 0 Å². The lowest BCUT2D eigenvalue weighted by molar-refractivity contribution is -0.230. The summed E-state index contributed by atoms with van der Waals surface area (Å²) in [5.41, 5.74) is 0. The van der Waals surface area contributed by atoms with E-state index in [9.17, 15) is 5.11 Å². The fourth-order valence-electron chi connectivity index (χ4n) is 3.98. The molecule has 1 spiro atoms. The summed E-state index contributed by atoms with van der Waals surface area (Å²) < 4.78 is 17.8. The molecule has 2 aliphatic carbocycles. The maximum absolute atomic E-state index is 10.2. The highest BCUT2D eigenvalue weighted by Crippen LogP contribution is 2.39. The van der Waals surface area contributed by atoms with Crippen molar-refractivity contribution < 1.29 is 19.3 Å². The molecule has 3 aliphatic rings. The minimum atomic E-state index is -0.470. The van der Waals surface area contributed by atoms with Crippen LogP contribution >= 0.6 is 0 Å². The van der Waals surface area contributed by atoms with Gasteiger partial charge in [-0.3, -0.25) is 0 Å². The van der Waals surface area contributed by atoms with Crippen LogP contribution in [0.3, 0.4) is 0 Å². The summed E-state index contributed by atoms with van der Waals surface area (Å²) in [6.07, 6.45) is 8.12. The van der Waals surface area contributed by atoms with Gasteiger partial charge in [0.15, 0.2) is 5.79 Å². The van der Waals surface area contributed by atoms with Gasteiger partial charge >= 0.3 is 0 Å². The molecule has 1 aliphatic heterocycles. The fourth-order valence-corrected chi connectivity index (χ4v) is 3.98. The number of rotatable bonds is 3. The summed E-state index contributed by atoms with van der Waals surface area (Å²) in [6.45, 7) is 3.60. The molecule has 20 heavy (non-hydrogen) atoms. The Kier molecular flexibility index (Phi) is 4.65. The topological polar surface area (TPSA) is 47.9 Å². The van der Waals surface area contributed by atoms with Crippen LogP contribution in [0.4, 0.5) is 0 Å². The second-order valence-corrected chi connectivity index (χ2v) is 6.66. The zero-order valence-corrected chi connectivity index (χ0v) is 12.6. The average molecular weight is 284 g/mol. The van der Waals surface area contributed by atoms with E-state index in [2.05, 4.69) is 6.92 Å². The van der Waals surface area contributed by atoms with Crippen molar-refractivity contribution in [2.45, 2.75) is 82.4 Å². The first kappa shape index (κ1) is 14.8. The quantitative estimate of drug-likeness (QED) is 0.865. The fraction of sp³-hybridized carbons (Fsp3) is 1.00. The smallest absolute Gasteiger partial charge is 0.171 e. The van der Waals surface area contributed by atoms with Crippen LogP contribution in [0.1, 0.15) is 58.3 Å². The van der Waals surface area contributed by atoms with E-state index in [1.807, 2.05) is 0 Å². The van der Waals surface area contributed by atoms with Crippen molar-refractivity contribution in [1.29, 1.82) is 0 Å². The summed E-state index contributed by atoms with van der Waals surface area (Å²) in [5, 5.41) is 10.2. The Morgan fingerprint density at radius 3 is 2.75 bits per heavy atom. The zero-order chi connectivity index (χ0) is 14.0. The Bertz CT molecular complexity index is 314. The predicted octanol–water partition coefficient (Wildman–Crippen LogP) is 2.63. The first-order valence-electron chi connectivity index (χ1n) is 8.32. The van der Waals surface area contributed by atoms with Gasteiger partial charge in [0, 0.05) is 12.8 Å². The van der Waals surface area contributed by atoms with E-state index in [1.54, 1.807) is 0 Å². The molecule has 0 amide bonds. The lowest BCUT2D eigenvalue weighted by atomic mass is 9.84. The number of hydrogen-bond acceptors (Lipinski definition) is 4. The highest BCUT2D eigenvalue weighted by Gasteiger charge is 2.46. The van der Waals surface area contributed by atoms with Crippen LogP contribution in [0.15, 0.2) is 0 Å². The van der Waals surface area contributed by atoms with E-state index in [1.165, 1.54) is 19.3 Å². The van der Waals surface area contributed by atoms with Gasteiger partial charge in [-0.1, -0.05) is 26.2 Å². The first-order chi connectivity index (χ1) is 9.71. The zero-order valence-electron chi connectivity index (χ0n) is 12.6. The Morgan fingerprint density at radius 1 is 1.20 bits per heavy atom. The molecule has 2 saturated carbocycles. The summed E-state index contributed by atoms with van der Waals surface area (Å²) in [7, 11) is 0. The number of aliphatic hydroxyl groups excluding tert-OH is 1. The molecule has 3 rings (SSSR count). The second-order valence-electron chi connectivity index (χ2n) is 6.66. The summed E-state index contributed by atoms with van der Waals surface area (Å²) >= 11 is 0. The lowest BCUT2D eigenvalue weighted by Crippen LogP contribution is -2.48. The number of hydrogen-bond donors (Lipinski definition) is 1. The monoisotopic (exact) mass is 284 g/mol. The third-order valence-corrected chi connectivity index (χ3v) is 5.26. The largest absolute Gasteiger partial charge is 0.390 e. The molecule has 0 radical (unpaired) electrons. The highest BCUT2D eigenvalue weighted by molar-refractivity contribution is 4.90. The van der Waals surface area contributed by atoms with Gasteiger partial charge in [0.1, 0.15) is 0 Å². The van der Waals surface area contributed by atoms with Crippen LogP contribution in [-0.2, 0) is 14.2 Å². The van der Waals surface area contributed by atoms with Crippen molar-refractivity contribution in [1.82, 2.24) is 0 Å². The molecule has 3 fully saturated rings.